The van der Waals surface area contributed by atoms with Gasteiger partial charge >= 0.3 is 0 Å². The molecule has 0 unspecified atom stereocenters. The van der Waals surface area contributed by atoms with Gasteiger partial charge in [0.15, 0.2) is 0 Å². The molecule has 1 fully saturated rings. The van der Waals surface area contributed by atoms with Crippen LogP contribution >= 0.6 is 11.8 Å². The van der Waals surface area contributed by atoms with Crippen molar-refractivity contribution in [3.05, 3.63) is 94.4 Å². The Labute approximate surface area is 211 Å². The number of aryl methyl sites for hydroxylation is 1. The number of amides is 2. The first kappa shape index (κ1) is 24.6. The number of hydrogen-bond acceptors (Lipinski definition) is 5. The number of carbonyl (C=O) groups is 2. The molecule has 6 heteroatoms. The van der Waals surface area contributed by atoms with E-state index in [0.29, 0.717) is 10.8 Å². The molecule has 0 aliphatic carbocycles. The maximum atomic E-state index is 12.9. The summed E-state index contributed by atoms with van der Waals surface area (Å²) in [6.07, 6.45) is 1.77. The largest absolute Gasteiger partial charge is 0.491 e. The third-order valence-corrected chi connectivity index (χ3v) is 6.87. The average Bonchev–Trinajstić information content (AvgIpc) is 3.12. The zero-order valence-electron chi connectivity index (χ0n) is 20.5. The molecule has 0 radical (unpaired) electrons. The summed E-state index contributed by atoms with van der Waals surface area (Å²) in [4.78, 5) is 29.2. The summed E-state index contributed by atoms with van der Waals surface area (Å²) in [5, 5.41) is -0.265. The lowest BCUT2D eigenvalue weighted by Gasteiger charge is -2.19. The molecule has 3 aromatic carbocycles. The Bertz CT molecular complexity index is 1240. The van der Waals surface area contributed by atoms with Crippen LogP contribution in [0.4, 0.5) is 16.2 Å². The smallest absolute Gasteiger partial charge is 0.293 e. The fraction of sp³-hybridized carbons (Fsp3) is 0.241. The van der Waals surface area contributed by atoms with Crippen molar-refractivity contribution in [3.8, 4) is 5.75 Å². The minimum absolute atomic E-state index is 0.217. The Kier molecular flexibility index (Phi) is 7.61. The second kappa shape index (κ2) is 10.8. The molecule has 5 nitrogen and oxygen atoms in total. The van der Waals surface area contributed by atoms with Crippen molar-refractivity contribution < 1.29 is 14.3 Å². The number of carbonyl (C=O) groups excluding carboxylic acids is 2. The van der Waals surface area contributed by atoms with Gasteiger partial charge in [-0.3, -0.25) is 14.5 Å². The van der Waals surface area contributed by atoms with E-state index in [1.807, 2.05) is 62.5 Å². The maximum absolute atomic E-state index is 12.9. The summed E-state index contributed by atoms with van der Waals surface area (Å²) in [5.41, 5.74) is 5.23. The fourth-order valence-electron chi connectivity index (χ4n) is 3.93. The quantitative estimate of drug-likeness (QED) is 0.321. The summed E-state index contributed by atoms with van der Waals surface area (Å²) in [6.45, 7) is 6.73. The minimum atomic E-state index is -0.276. The van der Waals surface area contributed by atoms with Crippen molar-refractivity contribution in [2.75, 3.05) is 25.1 Å². The van der Waals surface area contributed by atoms with Crippen LogP contribution in [0.2, 0.25) is 0 Å². The Morgan fingerprint density at radius 1 is 0.971 bits per heavy atom. The Morgan fingerprint density at radius 3 is 2.34 bits per heavy atom. The number of anilines is 2. The summed E-state index contributed by atoms with van der Waals surface area (Å²) in [7, 11) is 2.01. The molecule has 1 saturated heterocycles. The highest BCUT2D eigenvalue weighted by Gasteiger charge is 2.34. The summed E-state index contributed by atoms with van der Waals surface area (Å²) < 4.78 is 5.98. The van der Waals surface area contributed by atoms with E-state index in [2.05, 4.69) is 43.0 Å². The van der Waals surface area contributed by atoms with Crippen molar-refractivity contribution in [3.63, 3.8) is 0 Å². The molecule has 0 bridgehead atoms. The van der Waals surface area contributed by atoms with Gasteiger partial charge in [-0.2, -0.15) is 0 Å². The van der Waals surface area contributed by atoms with Gasteiger partial charge in [0.25, 0.3) is 11.1 Å². The molecule has 2 amide bonds. The monoisotopic (exact) mass is 486 g/mol. The van der Waals surface area contributed by atoms with E-state index in [4.69, 9.17) is 4.74 Å². The first-order chi connectivity index (χ1) is 16.8. The van der Waals surface area contributed by atoms with E-state index in [1.54, 1.807) is 6.08 Å². The fourth-order valence-corrected chi connectivity index (χ4v) is 4.79. The van der Waals surface area contributed by atoms with Crippen molar-refractivity contribution in [1.82, 2.24) is 4.90 Å². The van der Waals surface area contributed by atoms with Crippen LogP contribution in [0, 0.1) is 6.92 Å². The van der Waals surface area contributed by atoms with Crippen molar-refractivity contribution >= 4 is 40.4 Å². The summed E-state index contributed by atoms with van der Waals surface area (Å²) in [5.74, 6) is 0.857. The predicted octanol–water partition coefficient (Wildman–Crippen LogP) is 7.00. The number of rotatable bonds is 8. The number of benzene rings is 3. The topological polar surface area (TPSA) is 49.9 Å². The van der Waals surface area contributed by atoms with Gasteiger partial charge in [-0.1, -0.05) is 56.3 Å². The van der Waals surface area contributed by atoms with Crippen LogP contribution in [-0.2, 0) is 4.79 Å². The molecule has 35 heavy (non-hydrogen) atoms. The van der Waals surface area contributed by atoms with E-state index in [0.717, 1.165) is 45.6 Å². The van der Waals surface area contributed by atoms with Crippen molar-refractivity contribution in [2.45, 2.75) is 26.7 Å². The van der Waals surface area contributed by atoms with Crippen LogP contribution < -0.4 is 9.64 Å². The van der Waals surface area contributed by atoms with E-state index in [9.17, 15) is 9.59 Å². The highest BCUT2D eigenvalue weighted by molar-refractivity contribution is 8.18. The van der Waals surface area contributed by atoms with Gasteiger partial charge in [0.2, 0.25) is 0 Å². The third-order valence-electron chi connectivity index (χ3n) is 5.96. The predicted molar refractivity (Wildman–Crippen MR) is 144 cm³/mol. The Hall–Kier alpha value is -3.51. The third kappa shape index (κ3) is 5.77. The molecule has 0 aromatic heterocycles. The van der Waals surface area contributed by atoms with Gasteiger partial charge in [-0.05, 0) is 77.7 Å². The van der Waals surface area contributed by atoms with Crippen LogP contribution in [0.25, 0.3) is 6.08 Å². The van der Waals surface area contributed by atoms with Crippen LogP contribution in [0.3, 0.4) is 0 Å². The lowest BCUT2D eigenvalue weighted by molar-refractivity contribution is -0.123. The molecule has 1 aliphatic rings. The number of nitrogens with zero attached hydrogens (tertiary/aromatic N) is 2. The summed E-state index contributed by atoms with van der Waals surface area (Å²) in [6, 6.07) is 24.2. The lowest BCUT2D eigenvalue weighted by Crippen LogP contribution is -2.32. The molecule has 180 valence electrons. The molecule has 0 N–H and O–H groups in total. The molecule has 0 saturated carbocycles. The molecular weight excluding hydrogens is 456 g/mol. The van der Waals surface area contributed by atoms with Crippen molar-refractivity contribution in [1.29, 1.82) is 0 Å². The van der Waals surface area contributed by atoms with Gasteiger partial charge in [-0.25, -0.2) is 0 Å². The number of ether oxygens (including phenoxy) is 1. The van der Waals surface area contributed by atoms with Gasteiger partial charge in [-0.15, -0.1) is 0 Å². The molecule has 3 aromatic rings. The van der Waals surface area contributed by atoms with E-state index >= 15 is 0 Å². The normalized spacial score (nSPS) is 14.8. The van der Waals surface area contributed by atoms with Gasteiger partial charge in [0.1, 0.15) is 12.4 Å². The Morgan fingerprint density at radius 2 is 1.66 bits per heavy atom. The minimum Gasteiger partial charge on any atom is -0.491 e. The first-order valence-electron chi connectivity index (χ1n) is 11.7. The van der Waals surface area contributed by atoms with Crippen molar-refractivity contribution in [2.24, 2.45) is 0 Å². The standard InChI is InChI=1S/C29H30N2O3S/c1-20(2)25-15-10-21(3)18-26(25)34-17-16-31-28(32)27(35-29(31)33)19-22-11-13-24(14-12-22)30(4)23-8-6-5-7-9-23/h5-15,18-20H,16-17H2,1-4H3/b27-19-. The molecular formula is C29H30N2O3S. The number of thioether (sulfide) groups is 1. The second-order valence-corrected chi connectivity index (χ2v) is 9.86. The van der Waals surface area contributed by atoms with Crippen LogP contribution in [0.1, 0.15) is 36.5 Å². The van der Waals surface area contributed by atoms with Gasteiger partial charge < -0.3 is 9.64 Å². The molecule has 1 aliphatic heterocycles. The van der Waals surface area contributed by atoms with Gasteiger partial charge in [0.05, 0.1) is 11.4 Å². The molecule has 4 rings (SSSR count). The second-order valence-electron chi connectivity index (χ2n) is 8.86. The maximum Gasteiger partial charge on any atom is 0.293 e. The first-order valence-corrected chi connectivity index (χ1v) is 12.5. The highest BCUT2D eigenvalue weighted by Crippen LogP contribution is 2.33. The number of para-hydroxylation sites is 1. The number of imide groups is 1. The molecule has 0 atom stereocenters. The summed E-state index contributed by atoms with van der Waals surface area (Å²) >= 11 is 0.973. The zero-order valence-corrected chi connectivity index (χ0v) is 21.3. The van der Waals surface area contributed by atoms with Crippen LogP contribution in [0.5, 0.6) is 5.75 Å². The average molecular weight is 487 g/mol. The van der Waals surface area contributed by atoms with Gasteiger partial charge in [0, 0.05) is 18.4 Å². The number of hydrogen-bond donors (Lipinski definition) is 0. The SMILES string of the molecule is Cc1ccc(C(C)C)c(OCCN2C(=O)S/C(=C\c3ccc(N(C)c4ccccc4)cc3)C2=O)c1. The lowest BCUT2D eigenvalue weighted by atomic mass is 10.0. The molecule has 1 heterocycles. The Balaban J connectivity index is 1.40. The molecule has 0 spiro atoms. The highest BCUT2D eigenvalue weighted by atomic mass is 32.2. The van der Waals surface area contributed by atoms with E-state index in [1.165, 1.54) is 4.90 Å². The zero-order chi connectivity index (χ0) is 24.9. The van der Waals surface area contributed by atoms with E-state index < -0.39 is 0 Å². The van der Waals surface area contributed by atoms with Crippen LogP contribution in [0.15, 0.2) is 77.7 Å². The van der Waals surface area contributed by atoms with Crippen LogP contribution in [-0.4, -0.2) is 36.2 Å². The van der Waals surface area contributed by atoms with E-state index in [-0.39, 0.29) is 24.3 Å².